The van der Waals surface area contributed by atoms with Gasteiger partial charge in [-0.2, -0.15) is 0 Å². The normalized spacial score (nSPS) is 24.4. The molecule has 6 heteroatoms. The van der Waals surface area contributed by atoms with Crippen molar-refractivity contribution in [2.75, 3.05) is 13.1 Å². The largest absolute Gasteiger partial charge is 0.392 e. The van der Waals surface area contributed by atoms with Gasteiger partial charge in [-0.05, 0) is 40.4 Å². The molecule has 0 amide bonds. The maximum atomic E-state index is 10.9. The van der Waals surface area contributed by atoms with Crippen LogP contribution in [-0.4, -0.2) is 34.1 Å². The van der Waals surface area contributed by atoms with Crippen LogP contribution in [0.15, 0.2) is 22.7 Å². The van der Waals surface area contributed by atoms with Crippen molar-refractivity contribution in [1.82, 2.24) is 4.90 Å². The van der Waals surface area contributed by atoms with Crippen LogP contribution < -0.4 is 0 Å². The predicted molar refractivity (Wildman–Crippen MR) is 75.9 cm³/mol. The Morgan fingerprint density at radius 3 is 2.95 bits per heavy atom. The van der Waals surface area contributed by atoms with Crippen LogP contribution in [0.25, 0.3) is 0 Å². The summed E-state index contributed by atoms with van der Waals surface area (Å²) in [5.41, 5.74) is 0.972. The van der Waals surface area contributed by atoms with Crippen molar-refractivity contribution in [3.8, 4) is 0 Å². The van der Waals surface area contributed by atoms with Crippen molar-refractivity contribution >= 4 is 21.6 Å². The monoisotopic (exact) mass is 328 g/mol. The first-order valence-electron chi connectivity index (χ1n) is 6.31. The SMILES string of the molecule is CC1CCN(Cc2cccc([N+](=O)[O-])c2Br)CC1O. The van der Waals surface area contributed by atoms with Gasteiger partial charge in [0.15, 0.2) is 0 Å². The fraction of sp³-hybridized carbons (Fsp3) is 0.538. The highest BCUT2D eigenvalue weighted by Gasteiger charge is 2.25. The van der Waals surface area contributed by atoms with E-state index >= 15 is 0 Å². The fourth-order valence-corrected chi connectivity index (χ4v) is 2.86. The molecule has 1 aliphatic heterocycles. The van der Waals surface area contributed by atoms with Gasteiger partial charge >= 0.3 is 0 Å². The predicted octanol–water partition coefficient (Wildman–Crippen LogP) is 2.56. The Labute approximate surface area is 120 Å². The van der Waals surface area contributed by atoms with Gasteiger partial charge in [-0.25, -0.2) is 0 Å². The van der Waals surface area contributed by atoms with Crippen LogP contribution in [0.3, 0.4) is 0 Å². The molecule has 1 heterocycles. The van der Waals surface area contributed by atoms with Crippen molar-refractivity contribution in [2.24, 2.45) is 5.92 Å². The van der Waals surface area contributed by atoms with Crippen molar-refractivity contribution in [1.29, 1.82) is 0 Å². The molecule has 5 nitrogen and oxygen atoms in total. The van der Waals surface area contributed by atoms with E-state index in [1.54, 1.807) is 6.07 Å². The van der Waals surface area contributed by atoms with Crippen LogP contribution in [0, 0.1) is 16.0 Å². The lowest BCUT2D eigenvalue weighted by Crippen LogP contribution is -2.42. The number of β-amino-alcohol motifs (C(OH)–C–C–N with tert-alkyl or cyclic N) is 1. The van der Waals surface area contributed by atoms with Crippen molar-refractivity contribution in [3.05, 3.63) is 38.3 Å². The summed E-state index contributed by atoms with van der Waals surface area (Å²) in [6, 6.07) is 5.06. The van der Waals surface area contributed by atoms with Crippen LogP contribution in [0.4, 0.5) is 5.69 Å². The second-order valence-corrected chi connectivity index (χ2v) is 5.87. The number of rotatable bonds is 3. The van der Waals surface area contributed by atoms with Crippen molar-refractivity contribution < 1.29 is 10.0 Å². The van der Waals surface area contributed by atoms with Crippen LogP contribution in [0.2, 0.25) is 0 Å². The van der Waals surface area contributed by atoms with Gasteiger partial charge in [-0.3, -0.25) is 15.0 Å². The highest BCUT2D eigenvalue weighted by atomic mass is 79.9. The number of nitro groups is 1. The third kappa shape index (κ3) is 3.32. The zero-order valence-corrected chi connectivity index (χ0v) is 12.3. The zero-order valence-electron chi connectivity index (χ0n) is 10.8. The topological polar surface area (TPSA) is 66.6 Å². The van der Waals surface area contributed by atoms with Crippen LogP contribution >= 0.6 is 15.9 Å². The second kappa shape index (κ2) is 5.98. The summed E-state index contributed by atoms with van der Waals surface area (Å²) in [4.78, 5) is 12.6. The summed E-state index contributed by atoms with van der Waals surface area (Å²) in [6.07, 6.45) is 0.638. The third-order valence-corrected chi connectivity index (χ3v) is 4.57. The molecule has 1 aromatic rings. The van der Waals surface area contributed by atoms with E-state index in [-0.39, 0.29) is 16.7 Å². The van der Waals surface area contributed by atoms with E-state index in [4.69, 9.17) is 0 Å². The van der Waals surface area contributed by atoms with Gasteiger partial charge in [0.05, 0.1) is 15.5 Å². The number of likely N-dealkylation sites (tertiary alicyclic amines) is 1. The Kier molecular flexibility index (Phi) is 4.54. The van der Waals surface area contributed by atoms with E-state index in [2.05, 4.69) is 20.8 Å². The molecule has 1 N–H and O–H groups in total. The first kappa shape index (κ1) is 14.4. The molecule has 0 spiro atoms. The number of hydrogen-bond donors (Lipinski definition) is 1. The maximum absolute atomic E-state index is 10.9. The average Bonchev–Trinajstić information content (AvgIpc) is 2.36. The van der Waals surface area contributed by atoms with Crippen molar-refractivity contribution in [2.45, 2.75) is 26.0 Å². The molecule has 0 aliphatic carbocycles. The lowest BCUT2D eigenvalue weighted by atomic mass is 9.96. The maximum Gasteiger partial charge on any atom is 0.283 e. The summed E-state index contributed by atoms with van der Waals surface area (Å²) in [5, 5.41) is 20.8. The molecule has 1 aromatic carbocycles. The number of aliphatic hydroxyl groups excluding tert-OH is 1. The van der Waals surface area contributed by atoms with Gasteiger partial charge in [-0.1, -0.05) is 19.1 Å². The molecule has 2 unspecified atom stereocenters. The summed E-state index contributed by atoms with van der Waals surface area (Å²) < 4.78 is 0.535. The fourth-order valence-electron chi connectivity index (χ4n) is 2.33. The highest BCUT2D eigenvalue weighted by Crippen LogP contribution is 2.30. The number of benzene rings is 1. The number of piperidine rings is 1. The molecule has 19 heavy (non-hydrogen) atoms. The molecule has 1 fully saturated rings. The van der Waals surface area contributed by atoms with E-state index in [1.165, 1.54) is 6.07 Å². The number of halogens is 1. The van der Waals surface area contributed by atoms with E-state index in [1.807, 2.05) is 13.0 Å². The Hall–Kier alpha value is -0.980. The Bertz CT molecular complexity index is 481. The highest BCUT2D eigenvalue weighted by molar-refractivity contribution is 9.10. The number of nitrogens with zero attached hydrogens (tertiary/aromatic N) is 2. The van der Waals surface area contributed by atoms with E-state index in [0.717, 1.165) is 18.5 Å². The number of nitro benzene ring substituents is 1. The summed E-state index contributed by atoms with van der Waals surface area (Å²) in [6.45, 7) is 4.20. The minimum atomic E-state index is -0.388. The molecule has 2 atom stereocenters. The number of aliphatic hydroxyl groups is 1. The summed E-state index contributed by atoms with van der Waals surface area (Å²) in [5.74, 6) is 0.324. The minimum absolute atomic E-state index is 0.0865. The molecular formula is C13H17BrN2O3. The molecule has 2 rings (SSSR count). The standard InChI is InChI=1S/C13H17BrN2O3/c1-9-5-6-15(8-12(9)17)7-10-3-2-4-11(13(10)14)16(18)19/h2-4,9,12,17H,5-8H2,1H3. The first-order valence-corrected chi connectivity index (χ1v) is 7.10. The quantitative estimate of drug-likeness (QED) is 0.684. The Morgan fingerprint density at radius 2 is 2.32 bits per heavy atom. The molecule has 104 valence electrons. The second-order valence-electron chi connectivity index (χ2n) is 5.08. The van der Waals surface area contributed by atoms with Gasteiger partial charge in [0.2, 0.25) is 0 Å². The molecular weight excluding hydrogens is 312 g/mol. The lowest BCUT2D eigenvalue weighted by Gasteiger charge is -2.34. The third-order valence-electron chi connectivity index (χ3n) is 3.65. The summed E-state index contributed by atoms with van der Waals surface area (Å²) in [7, 11) is 0. The van der Waals surface area contributed by atoms with Gasteiger partial charge in [0, 0.05) is 19.2 Å². The van der Waals surface area contributed by atoms with Crippen LogP contribution in [0.5, 0.6) is 0 Å². The van der Waals surface area contributed by atoms with E-state index < -0.39 is 0 Å². The molecule has 1 aliphatic rings. The van der Waals surface area contributed by atoms with Crippen molar-refractivity contribution in [3.63, 3.8) is 0 Å². The zero-order chi connectivity index (χ0) is 14.0. The molecule has 0 aromatic heterocycles. The lowest BCUT2D eigenvalue weighted by molar-refractivity contribution is -0.385. The van der Waals surface area contributed by atoms with Gasteiger partial charge < -0.3 is 5.11 Å². The van der Waals surface area contributed by atoms with Crippen LogP contribution in [-0.2, 0) is 6.54 Å². The first-order chi connectivity index (χ1) is 8.99. The molecule has 0 bridgehead atoms. The number of hydrogen-bond acceptors (Lipinski definition) is 4. The molecule has 0 saturated carbocycles. The molecule has 1 saturated heterocycles. The van der Waals surface area contributed by atoms with Gasteiger partial charge in [0.25, 0.3) is 5.69 Å². The average molecular weight is 329 g/mol. The van der Waals surface area contributed by atoms with Crippen LogP contribution in [0.1, 0.15) is 18.9 Å². The minimum Gasteiger partial charge on any atom is -0.392 e. The smallest absolute Gasteiger partial charge is 0.283 e. The van der Waals surface area contributed by atoms with E-state index in [9.17, 15) is 15.2 Å². The molecule has 0 radical (unpaired) electrons. The van der Waals surface area contributed by atoms with Gasteiger partial charge in [-0.15, -0.1) is 0 Å². The Morgan fingerprint density at radius 1 is 1.58 bits per heavy atom. The van der Waals surface area contributed by atoms with Gasteiger partial charge in [0.1, 0.15) is 0 Å². The van der Waals surface area contributed by atoms with E-state index in [0.29, 0.717) is 23.5 Å². The summed E-state index contributed by atoms with van der Waals surface area (Å²) >= 11 is 3.30. The Balaban J connectivity index is 2.11.